The van der Waals surface area contributed by atoms with Crippen molar-refractivity contribution in [2.24, 2.45) is 5.10 Å². The second-order valence-corrected chi connectivity index (χ2v) is 5.95. The van der Waals surface area contributed by atoms with Crippen LogP contribution in [0.4, 0.5) is 11.4 Å². The van der Waals surface area contributed by atoms with Crippen LogP contribution in [0.2, 0.25) is 5.02 Å². The van der Waals surface area contributed by atoms with E-state index in [4.69, 9.17) is 11.6 Å². The van der Waals surface area contributed by atoms with Gasteiger partial charge in [0.2, 0.25) is 0 Å². The highest BCUT2D eigenvalue weighted by atomic mass is 79.9. The molecule has 128 valence electrons. The van der Waals surface area contributed by atoms with Crippen LogP contribution in [-0.2, 0) is 9.59 Å². The van der Waals surface area contributed by atoms with Gasteiger partial charge in [-0.25, -0.2) is 5.43 Å². The molecule has 2 N–H and O–H groups in total. The Morgan fingerprint density at radius 1 is 1.16 bits per heavy atom. The molecule has 0 spiro atoms. The van der Waals surface area contributed by atoms with Gasteiger partial charge in [0.25, 0.3) is 5.69 Å². The van der Waals surface area contributed by atoms with Crippen LogP contribution in [0.1, 0.15) is 5.56 Å². The lowest BCUT2D eigenvalue weighted by Gasteiger charge is -2.03. The molecule has 0 aromatic heterocycles. The summed E-state index contributed by atoms with van der Waals surface area (Å²) in [6, 6.07) is 10.7. The first-order chi connectivity index (χ1) is 11.9. The molecule has 2 aromatic carbocycles. The van der Waals surface area contributed by atoms with E-state index in [1.54, 1.807) is 24.3 Å². The molecule has 0 bridgehead atoms. The number of nitro benzene ring substituents is 1. The summed E-state index contributed by atoms with van der Waals surface area (Å²) in [4.78, 5) is 33.5. The lowest BCUT2D eigenvalue weighted by atomic mass is 10.2. The zero-order valence-corrected chi connectivity index (χ0v) is 14.7. The van der Waals surface area contributed by atoms with Crippen LogP contribution in [0, 0.1) is 10.1 Å². The summed E-state index contributed by atoms with van der Waals surface area (Å²) in [5.41, 5.74) is 2.53. The molecule has 2 aromatic rings. The number of carbonyl (C=O) groups is 2. The summed E-state index contributed by atoms with van der Waals surface area (Å²) in [5.74, 6) is -1.89. The summed E-state index contributed by atoms with van der Waals surface area (Å²) in [6.45, 7) is 0. The second kappa shape index (κ2) is 8.36. The first-order valence-corrected chi connectivity index (χ1v) is 7.88. The number of halogens is 2. The number of nitrogens with one attached hydrogen (secondary N) is 2. The van der Waals surface area contributed by atoms with Crippen LogP contribution in [0.15, 0.2) is 52.0 Å². The third kappa shape index (κ3) is 5.37. The number of hydrogen-bond donors (Lipinski definition) is 2. The van der Waals surface area contributed by atoms with E-state index in [-0.39, 0.29) is 10.7 Å². The van der Waals surface area contributed by atoms with E-state index in [1.165, 1.54) is 18.2 Å². The Bertz CT molecular complexity index is 855. The van der Waals surface area contributed by atoms with Crippen molar-refractivity contribution >= 4 is 56.9 Å². The van der Waals surface area contributed by atoms with Crippen LogP contribution in [0.3, 0.4) is 0 Å². The molecule has 0 radical (unpaired) electrons. The molecule has 25 heavy (non-hydrogen) atoms. The molecule has 8 nitrogen and oxygen atoms in total. The molecule has 0 atom stereocenters. The summed E-state index contributed by atoms with van der Waals surface area (Å²) in [5, 5.41) is 16.8. The number of amides is 2. The summed E-state index contributed by atoms with van der Waals surface area (Å²) in [7, 11) is 0. The van der Waals surface area contributed by atoms with Crippen molar-refractivity contribution in [2.45, 2.75) is 0 Å². The lowest BCUT2D eigenvalue weighted by molar-refractivity contribution is -0.384. The van der Waals surface area contributed by atoms with Crippen LogP contribution in [0.25, 0.3) is 0 Å². The van der Waals surface area contributed by atoms with Gasteiger partial charge in [-0.05, 0) is 30.3 Å². The van der Waals surface area contributed by atoms with Gasteiger partial charge < -0.3 is 5.32 Å². The minimum absolute atomic E-state index is 0.0138. The Morgan fingerprint density at radius 3 is 2.48 bits per heavy atom. The fourth-order valence-electron chi connectivity index (χ4n) is 1.69. The maximum atomic E-state index is 11.7. The molecule has 0 aliphatic rings. The minimum Gasteiger partial charge on any atom is -0.318 e. The summed E-state index contributed by atoms with van der Waals surface area (Å²) < 4.78 is 0.830. The fourth-order valence-corrected chi connectivity index (χ4v) is 2.14. The maximum absolute atomic E-state index is 11.7. The molecular weight excluding hydrogens is 416 g/mol. The van der Waals surface area contributed by atoms with Crippen LogP contribution >= 0.6 is 27.5 Å². The lowest BCUT2D eigenvalue weighted by Crippen LogP contribution is -2.32. The third-order valence-electron chi connectivity index (χ3n) is 2.85. The Morgan fingerprint density at radius 2 is 1.84 bits per heavy atom. The van der Waals surface area contributed by atoms with Crippen molar-refractivity contribution in [3.05, 3.63) is 67.6 Å². The van der Waals surface area contributed by atoms with Gasteiger partial charge in [-0.15, -0.1) is 0 Å². The van der Waals surface area contributed by atoms with Crippen LogP contribution < -0.4 is 10.7 Å². The van der Waals surface area contributed by atoms with E-state index in [0.717, 1.165) is 10.7 Å². The molecule has 0 saturated carbocycles. The average molecular weight is 426 g/mol. The second-order valence-electron chi connectivity index (χ2n) is 4.63. The molecular formula is C15H10BrClN4O4. The number of carbonyl (C=O) groups excluding carboxylic acids is 2. The van der Waals surface area contributed by atoms with E-state index >= 15 is 0 Å². The smallest absolute Gasteiger partial charge is 0.318 e. The number of anilines is 1. The largest absolute Gasteiger partial charge is 0.329 e. The van der Waals surface area contributed by atoms with Gasteiger partial charge in [-0.3, -0.25) is 19.7 Å². The number of rotatable bonds is 4. The van der Waals surface area contributed by atoms with E-state index in [2.05, 4.69) is 26.3 Å². The van der Waals surface area contributed by atoms with Gasteiger partial charge in [-0.1, -0.05) is 33.6 Å². The van der Waals surface area contributed by atoms with E-state index in [0.29, 0.717) is 11.3 Å². The molecule has 0 aliphatic carbocycles. The number of benzene rings is 2. The molecule has 0 saturated heterocycles. The van der Waals surface area contributed by atoms with Crippen molar-refractivity contribution in [1.29, 1.82) is 0 Å². The predicted molar refractivity (Wildman–Crippen MR) is 96.6 cm³/mol. The standard InChI is InChI=1S/C15H10BrClN4O4/c16-10-2-4-11(5-3-10)19-14(22)15(23)20-18-8-9-1-6-12(17)13(7-9)21(24)25/h1-8H,(H,19,22)(H,20,23)/b18-8-. The zero-order chi connectivity index (χ0) is 18.4. The molecule has 2 rings (SSSR count). The highest BCUT2D eigenvalue weighted by molar-refractivity contribution is 9.10. The van der Waals surface area contributed by atoms with Gasteiger partial charge in [-0.2, -0.15) is 5.10 Å². The normalized spacial score (nSPS) is 10.5. The predicted octanol–water partition coefficient (Wildman–Crippen LogP) is 3.10. The van der Waals surface area contributed by atoms with Crippen molar-refractivity contribution in [2.75, 3.05) is 5.32 Å². The first kappa shape index (κ1) is 18.6. The molecule has 0 heterocycles. The highest BCUT2D eigenvalue weighted by Crippen LogP contribution is 2.24. The minimum atomic E-state index is -0.984. The first-order valence-electron chi connectivity index (χ1n) is 6.70. The molecule has 0 fully saturated rings. The Kier molecular flexibility index (Phi) is 6.20. The topological polar surface area (TPSA) is 114 Å². The van der Waals surface area contributed by atoms with Crippen molar-refractivity contribution < 1.29 is 14.5 Å². The van der Waals surface area contributed by atoms with Gasteiger partial charge in [0.15, 0.2) is 0 Å². The Balaban J connectivity index is 1.95. The maximum Gasteiger partial charge on any atom is 0.329 e. The number of hydrogen-bond acceptors (Lipinski definition) is 5. The van der Waals surface area contributed by atoms with E-state index in [1.807, 2.05) is 5.43 Å². The third-order valence-corrected chi connectivity index (χ3v) is 3.70. The van der Waals surface area contributed by atoms with Gasteiger partial charge in [0.05, 0.1) is 11.1 Å². The zero-order valence-electron chi connectivity index (χ0n) is 12.4. The van der Waals surface area contributed by atoms with Crippen molar-refractivity contribution in [3.8, 4) is 0 Å². The molecule has 0 aliphatic heterocycles. The van der Waals surface area contributed by atoms with Gasteiger partial charge >= 0.3 is 11.8 Å². The average Bonchev–Trinajstić information content (AvgIpc) is 2.58. The Labute approximate surface area is 155 Å². The van der Waals surface area contributed by atoms with E-state index in [9.17, 15) is 19.7 Å². The summed E-state index contributed by atoms with van der Waals surface area (Å²) in [6.07, 6.45) is 1.16. The monoisotopic (exact) mass is 424 g/mol. The Hall–Kier alpha value is -2.78. The molecule has 2 amide bonds. The van der Waals surface area contributed by atoms with Gasteiger partial charge in [0.1, 0.15) is 5.02 Å². The number of hydrazone groups is 1. The van der Waals surface area contributed by atoms with Crippen molar-refractivity contribution in [3.63, 3.8) is 0 Å². The fraction of sp³-hybridized carbons (Fsp3) is 0. The highest BCUT2D eigenvalue weighted by Gasteiger charge is 2.14. The van der Waals surface area contributed by atoms with Crippen LogP contribution in [-0.4, -0.2) is 23.0 Å². The quantitative estimate of drug-likeness (QED) is 0.339. The van der Waals surface area contributed by atoms with Gasteiger partial charge in [0, 0.05) is 21.8 Å². The van der Waals surface area contributed by atoms with E-state index < -0.39 is 16.7 Å². The van der Waals surface area contributed by atoms with Crippen molar-refractivity contribution in [1.82, 2.24) is 5.43 Å². The SMILES string of the molecule is O=C(N/N=C\c1ccc(Cl)c([N+](=O)[O-])c1)C(=O)Nc1ccc(Br)cc1. The molecule has 0 unspecified atom stereocenters. The summed E-state index contributed by atoms with van der Waals surface area (Å²) >= 11 is 8.95. The number of nitro groups is 1. The number of nitrogens with zero attached hydrogens (tertiary/aromatic N) is 2. The van der Waals surface area contributed by atoms with Crippen LogP contribution in [0.5, 0.6) is 0 Å². The molecule has 10 heteroatoms.